The number of alkyl halides is 3. The third kappa shape index (κ3) is 2.59. The number of rotatable bonds is 2. The lowest BCUT2D eigenvalue weighted by atomic mass is 10.1. The molecule has 6 heteroatoms. The van der Waals surface area contributed by atoms with Gasteiger partial charge < -0.3 is 9.73 Å². The number of furan rings is 1. The third-order valence-corrected chi connectivity index (χ3v) is 3.97. The van der Waals surface area contributed by atoms with Crippen LogP contribution in [0.3, 0.4) is 0 Å². The molecular weight excluding hydrogens is 334 g/mol. The van der Waals surface area contributed by atoms with E-state index in [1.807, 2.05) is 0 Å². The van der Waals surface area contributed by atoms with Gasteiger partial charge in [-0.25, -0.2) is 4.39 Å². The maximum absolute atomic E-state index is 13.9. The fourth-order valence-corrected chi connectivity index (χ4v) is 2.85. The van der Waals surface area contributed by atoms with Crippen molar-refractivity contribution in [3.05, 3.63) is 72.0 Å². The largest absolute Gasteiger partial charge is 0.453 e. The van der Waals surface area contributed by atoms with E-state index in [0.29, 0.717) is 16.5 Å². The van der Waals surface area contributed by atoms with E-state index in [9.17, 15) is 17.6 Å². The van der Waals surface area contributed by atoms with Crippen molar-refractivity contribution in [2.24, 2.45) is 0 Å². The number of nitrogens with one attached hydrogen (secondary N) is 1. The van der Waals surface area contributed by atoms with E-state index in [-0.39, 0.29) is 16.9 Å². The van der Waals surface area contributed by atoms with E-state index >= 15 is 0 Å². The zero-order valence-corrected chi connectivity index (χ0v) is 12.7. The van der Waals surface area contributed by atoms with Crippen LogP contribution in [0, 0.1) is 5.82 Å². The normalized spacial score (nSPS) is 12.0. The van der Waals surface area contributed by atoms with Gasteiger partial charge >= 0.3 is 6.18 Å². The summed E-state index contributed by atoms with van der Waals surface area (Å²) in [5.41, 5.74) is -0.207. The van der Waals surface area contributed by atoms with Crippen molar-refractivity contribution < 1.29 is 22.0 Å². The summed E-state index contributed by atoms with van der Waals surface area (Å²) in [5, 5.41) is 3.78. The van der Waals surface area contributed by atoms with E-state index < -0.39 is 17.6 Å². The molecule has 0 fully saturated rings. The van der Waals surface area contributed by atoms with Gasteiger partial charge in [-0.05, 0) is 24.3 Å². The first-order chi connectivity index (χ1) is 11.9. The van der Waals surface area contributed by atoms with Crippen molar-refractivity contribution in [3.63, 3.8) is 0 Å². The van der Waals surface area contributed by atoms with Gasteiger partial charge in [-0.15, -0.1) is 0 Å². The van der Waals surface area contributed by atoms with Crippen LogP contribution in [0.1, 0.15) is 5.56 Å². The van der Waals surface area contributed by atoms with Gasteiger partial charge in [0.25, 0.3) is 0 Å². The molecule has 0 radical (unpaired) electrons. The van der Waals surface area contributed by atoms with Gasteiger partial charge in [-0.2, -0.15) is 13.2 Å². The van der Waals surface area contributed by atoms with E-state index in [1.54, 1.807) is 36.4 Å². The summed E-state index contributed by atoms with van der Waals surface area (Å²) in [7, 11) is 0. The molecule has 25 heavy (non-hydrogen) atoms. The van der Waals surface area contributed by atoms with Crippen molar-refractivity contribution in [2.45, 2.75) is 6.18 Å². The Morgan fingerprint density at radius 1 is 0.720 bits per heavy atom. The monoisotopic (exact) mass is 345 g/mol. The van der Waals surface area contributed by atoms with Crippen LogP contribution in [0.2, 0.25) is 0 Å². The van der Waals surface area contributed by atoms with Gasteiger partial charge in [0.2, 0.25) is 0 Å². The molecular formula is C19H11F4NO. The molecule has 0 aliphatic carbocycles. The van der Waals surface area contributed by atoms with Crippen molar-refractivity contribution in [1.82, 2.24) is 0 Å². The standard InChI is InChI=1S/C19H11F4NO/c20-14-8-1-2-9-15(14)24-16-10-4-6-12-11-5-3-7-13(19(21,22)23)17(11)25-18(12)16/h1-10,24H. The average Bonchev–Trinajstić information content (AvgIpc) is 2.96. The summed E-state index contributed by atoms with van der Waals surface area (Å²) in [6.07, 6.45) is -4.52. The molecule has 2 nitrogen and oxygen atoms in total. The molecule has 1 N–H and O–H groups in total. The van der Waals surface area contributed by atoms with Gasteiger partial charge in [0, 0.05) is 10.8 Å². The van der Waals surface area contributed by atoms with Crippen molar-refractivity contribution in [3.8, 4) is 0 Å². The number of hydrogen-bond acceptors (Lipinski definition) is 2. The first kappa shape index (κ1) is 15.5. The molecule has 4 rings (SSSR count). The highest BCUT2D eigenvalue weighted by Crippen LogP contribution is 2.41. The van der Waals surface area contributed by atoms with Crippen LogP contribution in [-0.4, -0.2) is 0 Å². The molecule has 0 spiro atoms. The Balaban J connectivity index is 1.94. The molecule has 0 unspecified atom stereocenters. The zero-order chi connectivity index (χ0) is 17.6. The Kier molecular flexibility index (Phi) is 3.42. The molecule has 4 aromatic rings. The SMILES string of the molecule is Fc1ccccc1Nc1cccc2c1oc1c(C(F)(F)F)cccc12. The number of para-hydroxylation sites is 3. The summed E-state index contributed by atoms with van der Waals surface area (Å²) in [5.74, 6) is -0.466. The predicted molar refractivity (Wildman–Crippen MR) is 88.4 cm³/mol. The Hall–Kier alpha value is -3.02. The van der Waals surface area contributed by atoms with E-state index in [1.165, 1.54) is 18.2 Å². The minimum atomic E-state index is -4.52. The van der Waals surface area contributed by atoms with Gasteiger partial charge in [0.15, 0.2) is 5.58 Å². The molecule has 1 aromatic heterocycles. The third-order valence-electron chi connectivity index (χ3n) is 3.97. The quantitative estimate of drug-likeness (QED) is 0.420. The molecule has 126 valence electrons. The number of anilines is 2. The highest BCUT2D eigenvalue weighted by Gasteiger charge is 2.34. The van der Waals surface area contributed by atoms with Crippen molar-refractivity contribution in [1.29, 1.82) is 0 Å². The Bertz CT molecular complexity index is 1080. The number of hydrogen-bond donors (Lipinski definition) is 1. The van der Waals surface area contributed by atoms with Crippen LogP contribution in [0.25, 0.3) is 21.9 Å². The summed E-state index contributed by atoms with van der Waals surface area (Å²) in [6.45, 7) is 0. The molecule has 0 aliphatic heterocycles. The molecule has 0 atom stereocenters. The van der Waals surface area contributed by atoms with E-state index in [0.717, 1.165) is 6.07 Å². The summed E-state index contributed by atoms with van der Waals surface area (Å²) < 4.78 is 59.1. The van der Waals surface area contributed by atoms with Crippen LogP contribution in [0.15, 0.2) is 65.1 Å². The minimum absolute atomic E-state index is 0.214. The highest BCUT2D eigenvalue weighted by atomic mass is 19.4. The van der Waals surface area contributed by atoms with Crippen molar-refractivity contribution in [2.75, 3.05) is 5.32 Å². The summed E-state index contributed by atoms with van der Waals surface area (Å²) in [6, 6.07) is 14.9. The fraction of sp³-hybridized carbons (Fsp3) is 0.0526. The number of benzene rings is 3. The smallest absolute Gasteiger partial charge is 0.420 e. The van der Waals surface area contributed by atoms with Gasteiger partial charge in [-0.3, -0.25) is 0 Å². The molecule has 0 saturated carbocycles. The van der Waals surface area contributed by atoms with Crippen LogP contribution in [0.5, 0.6) is 0 Å². The molecule has 0 saturated heterocycles. The van der Waals surface area contributed by atoms with Crippen LogP contribution >= 0.6 is 0 Å². The average molecular weight is 345 g/mol. The zero-order valence-electron chi connectivity index (χ0n) is 12.7. The highest BCUT2D eigenvalue weighted by molar-refractivity contribution is 6.10. The lowest BCUT2D eigenvalue weighted by Gasteiger charge is -2.07. The fourth-order valence-electron chi connectivity index (χ4n) is 2.85. The Labute approximate surface area is 139 Å². The molecule has 1 heterocycles. The number of fused-ring (bicyclic) bond motifs is 3. The van der Waals surface area contributed by atoms with Crippen LogP contribution < -0.4 is 5.32 Å². The summed E-state index contributed by atoms with van der Waals surface area (Å²) in [4.78, 5) is 0. The van der Waals surface area contributed by atoms with Crippen molar-refractivity contribution >= 4 is 33.3 Å². The van der Waals surface area contributed by atoms with Gasteiger partial charge in [-0.1, -0.05) is 36.4 Å². The van der Waals surface area contributed by atoms with Crippen LogP contribution in [-0.2, 0) is 6.18 Å². The molecule has 3 aromatic carbocycles. The molecule has 0 aliphatic rings. The van der Waals surface area contributed by atoms with Gasteiger partial charge in [0.1, 0.15) is 11.4 Å². The van der Waals surface area contributed by atoms with Gasteiger partial charge in [0.05, 0.1) is 16.9 Å². The lowest BCUT2D eigenvalue weighted by molar-refractivity contribution is -0.136. The molecule has 0 amide bonds. The Morgan fingerprint density at radius 2 is 1.36 bits per heavy atom. The second kappa shape index (κ2) is 5.51. The van der Waals surface area contributed by atoms with Crippen LogP contribution in [0.4, 0.5) is 28.9 Å². The van der Waals surface area contributed by atoms with E-state index in [2.05, 4.69) is 5.32 Å². The molecule has 0 bridgehead atoms. The maximum Gasteiger partial charge on any atom is 0.420 e. The Morgan fingerprint density at radius 3 is 2.08 bits per heavy atom. The number of halogens is 4. The second-order valence-corrected chi connectivity index (χ2v) is 5.57. The maximum atomic E-state index is 13.9. The first-order valence-electron chi connectivity index (χ1n) is 7.48. The first-order valence-corrected chi connectivity index (χ1v) is 7.48. The lowest BCUT2D eigenvalue weighted by Crippen LogP contribution is -2.04. The minimum Gasteiger partial charge on any atom is -0.453 e. The summed E-state index contributed by atoms with van der Waals surface area (Å²) >= 11 is 0. The predicted octanol–water partition coefficient (Wildman–Crippen LogP) is 6.49. The van der Waals surface area contributed by atoms with E-state index in [4.69, 9.17) is 4.42 Å². The topological polar surface area (TPSA) is 25.2 Å². The second-order valence-electron chi connectivity index (χ2n) is 5.57.